The van der Waals surface area contributed by atoms with E-state index in [-0.39, 0.29) is 4.90 Å². The zero-order valence-electron chi connectivity index (χ0n) is 10.9. The molecule has 1 N–H and O–H groups in total. The van der Waals surface area contributed by atoms with E-state index in [4.69, 9.17) is 4.52 Å². The SMILES string of the molecule is O=S(=O)(Nc1conc1-c1ccccc1)c1ccccc1. The van der Waals surface area contributed by atoms with Gasteiger partial charge >= 0.3 is 0 Å². The van der Waals surface area contributed by atoms with Crippen LogP contribution in [0.1, 0.15) is 0 Å². The van der Waals surface area contributed by atoms with Gasteiger partial charge in [-0.2, -0.15) is 0 Å². The van der Waals surface area contributed by atoms with E-state index in [2.05, 4.69) is 9.88 Å². The molecule has 0 radical (unpaired) electrons. The quantitative estimate of drug-likeness (QED) is 0.803. The van der Waals surface area contributed by atoms with Gasteiger partial charge in [0.05, 0.1) is 4.90 Å². The molecule has 0 unspecified atom stereocenters. The summed E-state index contributed by atoms with van der Waals surface area (Å²) in [6, 6.07) is 17.4. The molecule has 0 amide bonds. The molecule has 21 heavy (non-hydrogen) atoms. The Bertz CT molecular complexity index is 828. The van der Waals surface area contributed by atoms with Crippen LogP contribution in [0.4, 0.5) is 5.69 Å². The van der Waals surface area contributed by atoms with Gasteiger partial charge in [0.1, 0.15) is 17.6 Å². The first-order valence-electron chi connectivity index (χ1n) is 6.24. The van der Waals surface area contributed by atoms with E-state index in [0.29, 0.717) is 11.4 Å². The van der Waals surface area contributed by atoms with Gasteiger partial charge in [-0.1, -0.05) is 53.7 Å². The number of sulfonamides is 1. The maximum absolute atomic E-state index is 12.3. The molecular formula is C15H12N2O3S. The lowest BCUT2D eigenvalue weighted by atomic mass is 10.1. The van der Waals surface area contributed by atoms with Crippen molar-refractivity contribution in [3.8, 4) is 11.3 Å². The highest BCUT2D eigenvalue weighted by molar-refractivity contribution is 7.92. The Balaban J connectivity index is 1.96. The van der Waals surface area contributed by atoms with Gasteiger partial charge in [-0.3, -0.25) is 4.72 Å². The van der Waals surface area contributed by atoms with E-state index in [1.165, 1.54) is 18.4 Å². The monoisotopic (exact) mass is 300 g/mol. The van der Waals surface area contributed by atoms with Gasteiger partial charge < -0.3 is 4.52 Å². The second kappa shape index (κ2) is 5.41. The van der Waals surface area contributed by atoms with E-state index in [1.807, 2.05) is 30.3 Å². The Hall–Kier alpha value is -2.60. The molecule has 0 saturated carbocycles. The predicted molar refractivity (Wildman–Crippen MR) is 79.2 cm³/mol. The summed E-state index contributed by atoms with van der Waals surface area (Å²) < 4.78 is 32.0. The fraction of sp³-hybridized carbons (Fsp3) is 0. The molecule has 3 aromatic rings. The van der Waals surface area contributed by atoms with Gasteiger partial charge in [0, 0.05) is 5.56 Å². The molecule has 0 aliphatic heterocycles. The molecule has 0 atom stereocenters. The number of benzene rings is 2. The van der Waals surface area contributed by atoms with Crippen LogP contribution >= 0.6 is 0 Å². The Kier molecular flexibility index (Phi) is 3.45. The van der Waals surface area contributed by atoms with Crippen molar-refractivity contribution in [2.24, 2.45) is 0 Å². The molecule has 6 heteroatoms. The summed E-state index contributed by atoms with van der Waals surface area (Å²) >= 11 is 0. The maximum atomic E-state index is 12.3. The molecule has 0 bridgehead atoms. The van der Waals surface area contributed by atoms with Crippen LogP contribution in [0.3, 0.4) is 0 Å². The van der Waals surface area contributed by atoms with E-state index >= 15 is 0 Å². The summed E-state index contributed by atoms with van der Waals surface area (Å²) in [6.07, 6.45) is 1.28. The fourth-order valence-electron chi connectivity index (χ4n) is 1.92. The summed E-state index contributed by atoms with van der Waals surface area (Å²) in [7, 11) is -3.66. The number of rotatable bonds is 4. The van der Waals surface area contributed by atoms with Crippen molar-refractivity contribution < 1.29 is 12.9 Å². The molecule has 5 nitrogen and oxygen atoms in total. The van der Waals surface area contributed by atoms with Crippen LogP contribution in [0.2, 0.25) is 0 Å². The lowest BCUT2D eigenvalue weighted by Crippen LogP contribution is -2.12. The first-order valence-corrected chi connectivity index (χ1v) is 7.73. The molecule has 2 aromatic carbocycles. The Morgan fingerprint density at radius 1 is 0.905 bits per heavy atom. The minimum absolute atomic E-state index is 0.185. The van der Waals surface area contributed by atoms with Gasteiger partial charge in [0.25, 0.3) is 10.0 Å². The van der Waals surface area contributed by atoms with Crippen LogP contribution in [0.5, 0.6) is 0 Å². The topological polar surface area (TPSA) is 72.2 Å². The van der Waals surface area contributed by atoms with Crippen molar-refractivity contribution in [1.29, 1.82) is 0 Å². The van der Waals surface area contributed by atoms with E-state index < -0.39 is 10.0 Å². The summed E-state index contributed by atoms with van der Waals surface area (Å²) in [6.45, 7) is 0. The number of hydrogen-bond acceptors (Lipinski definition) is 4. The zero-order valence-corrected chi connectivity index (χ0v) is 11.7. The Labute approximate surface area is 122 Å². The fourth-order valence-corrected chi connectivity index (χ4v) is 2.98. The third kappa shape index (κ3) is 2.80. The van der Waals surface area contributed by atoms with Gasteiger partial charge in [-0.15, -0.1) is 0 Å². The summed E-state index contributed by atoms with van der Waals surface area (Å²) in [5.41, 5.74) is 1.54. The average Bonchev–Trinajstić information content (AvgIpc) is 2.96. The molecule has 0 fully saturated rings. The molecule has 0 aliphatic rings. The van der Waals surface area contributed by atoms with Gasteiger partial charge in [-0.25, -0.2) is 8.42 Å². The average molecular weight is 300 g/mol. The highest BCUT2D eigenvalue weighted by Crippen LogP contribution is 2.28. The molecule has 0 spiro atoms. The van der Waals surface area contributed by atoms with Crippen LogP contribution in [-0.2, 0) is 10.0 Å². The van der Waals surface area contributed by atoms with Crippen molar-refractivity contribution in [2.45, 2.75) is 4.90 Å². The first kappa shape index (κ1) is 13.4. The standard InChI is InChI=1S/C15H12N2O3S/c18-21(19,13-9-5-2-6-10-13)17-14-11-20-16-15(14)12-7-3-1-4-8-12/h1-11,17H. The van der Waals surface area contributed by atoms with Gasteiger partial charge in [0.15, 0.2) is 0 Å². The molecule has 0 saturated heterocycles. The lowest BCUT2D eigenvalue weighted by molar-refractivity contribution is 0.422. The minimum Gasteiger partial charge on any atom is -0.362 e. The second-order valence-electron chi connectivity index (χ2n) is 4.36. The van der Waals surface area contributed by atoms with E-state index in [9.17, 15) is 8.42 Å². The van der Waals surface area contributed by atoms with Crippen molar-refractivity contribution >= 4 is 15.7 Å². The zero-order chi connectivity index (χ0) is 14.7. The van der Waals surface area contributed by atoms with E-state index in [0.717, 1.165) is 5.56 Å². The smallest absolute Gasteiger partial charge is 0.262 e. The molecule has 1 heterocycles. The number of nitrogens with zero attached hydrogens (tertiary/aromatic N) is 1. The van der Waals surface area contributed by atoms with Crippen LogP contribution in [0.25, 0.3) is 11.3 Å². The molecule has 1 aromatic heterocycles. The van der Waals surface area contributed by atoms with Gasteiger partial charge in [-0.05, 0) is 12.1 Å². The minimum atomic E-state index is -3.66. The highest BCUT2D eigenvalue weighted by Gasteiger charge is 2.18. The highest BCUT2D eigenvalue weighted by atomic mass is 32.2. The van der Waals surface area contributed by atoms with Crippen LogP contribution < -0.4 is 4.72 Å². The third-order valence-electron chi connectivity index (χ3n) is 2.91. The largest absolute Gasteiger partial charge is 0.362 e. The number of nitrogens with one attached hydrogen (secondary N) is 1. The van der Waals surface area contributed by atoms with Crippen molar-refractivity contribution in [1.82, 2.24) is 5.16 Å². The van der Waals surface area contributed by atoms with Crippen molar-refractivity contribution in [3.05, 3.63) is 66.9 Å². The Morgan fingerprint density at radius 3 is 2.19 bits per heavy atom. The molecule has 0 aliphatic carbocycles. The second-order valence-corrected chi connectivity index (χ2v) is 6.04. The normalized spacial score (nSPS) is 11.2. The molecule has 3 rings (SSSR count). The number of hydrogen-bond donors (Lipinski definition) is 1. The number of aromatic nitrogens is 1. The molecule has 106 valence electrons. The van der Waals surface area contributed by atoms with Crippen LogP contribution in [0, 0.1) is 0 Å². The van der Waals surface area contributed by atoms with Crippen molar-refractivity contribution in [2.75, 3.05) is 4.72 Å². The van der Waals surface area contributed by atoms with Crippen molar-refractivity contribution in [3.63, 3.8) is 0 Å². The third-order valence-corrected chi connectivity index (χ3v) is 4.30. The van der Waals surface area contributed by atoms with Crippen LogP contribution in [-0.4, -0.2) is 13.6 Å². The number of anilines is 1. The lowest BCUT2D eigenvalue weighted by Gasteiger charge is -2.07. The van der Waals surface area contributed by atoms with Crippen LogP contribution in [0.15, 0.2) is 76.3 Å². The van der Waals surface area contributed by atoms with E-state index in [1.54, 1.807) is 18.2 Å². The Morgan fingerprint density at radius 2 is 1.52 bits per heavy atom. The van der Waals surface area contributed by atoms with Gasteiger partial charge in [0.2, 0.25) is 0 Å². The molecular weight excluding hydrogens is 288 g/mol. The summed E-state index contributed by atoms with van der Waals surface area (Å²) in [5.74, 6) is 0. The summed E-state index contributed by atoms with van der Waals surface area (Å²) in [5, 5.41) is 3.86. The first-order chi connectivity index (χ1) is 10.2. The maximum Gasteiger partial charge on any atom is 0.262 e. The summed E-state index contributed by atoms with van der Waals surface area (Å²) in [4.78, 5) is 0.185. The predicted octanol–water partition coefficient (Wildman–Crippen LogP) is 3.14.